The van der Waals surface area contributed by atoms with Crippen molar-refractivity contribution >= 4 is 11.7 Å². The Morgan fingerprint density at radius 3 is 2.65 bits per heavy atom. The van der Waals surface area contributed by atoms with Gasteiger partial charge in [-0.25, -0.2) is 4.79 Å². The molecular weight excluding hydrogens is 214 g/mol. The van der Waals surface area contributed by atoms with Gasteiger partial charge < -0.3 is 4.74 Å². The molecule has 1 aliphatic heterocycles. The SMILES string of the molecule is O=C1OC2C=CC=CC2C=C1[n+]1ccccc1. The number of esters is 1. The molecule has 2 heterocycles. The molecule has 2 aliphatic rings. The minimum Gasteiger partial charge on any atom is -0.449 e. The fraction of sp³-hybridized carbons (Fsp3) is 0.143. The van der Waals surface area contributed by atoms with Crippen LogP contribution >= 0.6 is 0 Å². The highest BCUT2D eigenvalue weighted by molar-refractivity contribution is 6.06. The lowest BCUT2D eigenvalue weighted by molar-refractivity contribution is -0.579. The number of hydrogen-bond acceptors (Lipinski definition) is 2. The largest absolute Gasteiger partial charge is 0.449 e. The molecule has 1 aliphatic carbocycles. The van der Waals surface area contributed by atoms with E-state index in [0.717, 1.165) is 0 Å². The summed E-state index contributed by atoms with van der Waals surface area (Å²) in [7, 11) is 0. The Morgan fingerprint density at radius 1 is 1.06 bits per heavy atom. The molecule has 17 heavy (non-hydrogen) atoms. The first kappa shape index (κ1) is 10.0. The summed E-state index contributed by atoms with van der Waals surface area (Å²) < 4.78 is 7.17. The van der Waals surface area contributed by atoms with Gasteiger partial charge in [0.15, 0.2) is 12.4 Å². The van der Waals surface area contributed by atoms with E-state index in [-0.39, 0.29) is 18.0 Å². The highest BCUT2D eigenvalue weighted by Gasteiger charge is 2.34. The lowest BCUT2D eigenvalue weighted by Gasteiger charge is -2.24. The smallest absolute Gasteiger partial charge is 0.404 e. The van der Waals surface area contributed by atoms with Crippen LogP contribution in [-0.4, -0.2) is 12.1 Å². The van der Waals surface area contributed by atoms with Crippen LogP contribution < -0.4 is 4.57 Å². The highest BCUT2D eigenvalue weighted by atomic mass is 16.5. The van der Waals surface area contributed by atoms with Gasteiger partial charge >= 0.3 is 5.97 Å². The van der Waals surface area contributed by atoms with E-state index >= 15 is 0 Å². The Bertz CT molecular complexity index is 528. The number of nitrogens with zero attached hydrogens (tertiary/aromatic N) is 1. The van der Waals surface area contributed by atoms with Crippen molar-refractivity contribution in [3.05, 3.63) is 61.0 Å². The van der Waals surface area contributed by atoms with Crippen LogP contribution in [0.25, 0.3) is 5.70 Å². The Kier molecular flexibility index (Phi) is 2.37. The number of fused-ring (bicyclic) bond motifs is 1. The summed E-state index contributed by atoms with van der Waals surface area (Å²) in [5.74, 6) is -0.136. The maximum absolute atomic E-state index is 11.9. The van der Waals surface area contributed by atoms with E-state index in [1.807, 2.05) is 61.0 Å². The average molecular weight is 226 g/mol. The van der Waals surface area contributed by atoms with Crippen LogP contribution in [0.5, 0.6) is 0 Å². The summed E-state index contributed by atoms with van der Waals surface area (Å²) >= 11 is 0. The zero-order valence-corrected chi connectivity index (χ0v) is 9.19. The van der Waals surface area contributed by atoms with Gasteiger partial charge in [-0.2, -0.15) is 4.57 Å². The molecule has 3 nitrogen and oxygen atoms in total. The predicted molar refractivity (Wildman–Crippen MR) is 62.6 cm³/mol. The molecule has 0 aromatic carbocycles. The quantitative estimate of drug-likeness (QED) is 0.536. The number of ether oxygens (including phenoxy) is 1. The first-order chi connectivity index (χ1) is 8.34. The molecule has 3 heteroatoms. The van der Waals surface area contributed by atoms with Gasteiger partial charge in [-0.15, -0.1) is 0 Å². The van der Waals surface area contributed by atoms with E-state index in [9.17, 15) is 4.79 Å². The highest BCUT2D eigenvalue weighted by Crippen LogP contribution is 2.24. The van der Waals surface area contributed by atoms with Gasteiger partial charge in [0.25, 0.3) is 5.70 Å². The molecule has 0 N–H and O–H groups in total. The van der Waals surface area contributed by atoms with Crippen LogP contribution in [0.15, 0.2) is 61.0 Å². The zero-order valence-electron chi connectivity index (χ0n) is 9.19. The summed E-state index contributed by atoms with van der Waals surface area (Å²) in [6.07, 6.45) is 13.3. The molecular formula is C14H12NO2+. The number of carbonyl (C=O) groups excluding carboxylic acids is 1. The molecule has 0 saturated carbocycles. The number of carbonyl (C=O) groups is 1. The Labute approximate surface area is 99.3 Å². The third-order valence-corrected chi connectivity index (χ3v) is 2.92. The van der Waals surface area contributed by atoms with E-state index < -0.39 is 0 Å². The molecule has 0 spiro atoms. The molecule has 84 valence electrons. The fourth-order valence-corrected chi connectivity index (χ4v) is 2.06. The van der Waals surface area contributed by atoms with Gasteiger partial charge in [0.2, 0.25) is 0 Å². The van der Waals surface area contributed by atoms with Crippen molar-refractivity contribution in [1.82, 2.24) is 0 Å². The maximum Gasteiger partial charge on any atom is 0.404 e. The van der Waals surface area contributed by atoms with Crippen molar-refractivity contribution in [2.45, 2.75) is 6.10 Å². The normalized spacial score (nSPS) is 26.1. The van der Waals surface area contributed by atoms with E-state index in [1.54, 1.807) is 4.57 Å². The summed E-state index contributed by atoms with van der Waals surface area (Å²) in [5, 5.41) is 0. The van der Waals surface area contributed by atoms with Gasteiger partial charge in [0.05, 0.1) is 0 Å². The molecule has 1 aromatic rings. The van der Waals surface area contributed by atoms with Gasteiger partial charge in [-0.1, -0.05) is 24.3 Å². The van der Waals surface area contributed by atoms with Gasteiger partial charge in [-0.3, -0.25) is 0 Å². The van der Waals surface area contributed by atoms with Crippen molar-refractivity contribution < 1.29 is 14.1 Å². The summed E-state index contributed by atoms with van der Waals surface area (Å²) in [5.41, 5.74) is 0.576. The zero-order chi connectivity index (χ0) is 11.7. The monoisotopic (exact) mass is 226 g/mol. The van der Waals surface area contributed by atoms with Crippen LogP contribution in [0.1, 0.15) is 0 Å². The molecule has 3 rings (SSSR count). The van der Waals surface area contributed by atoms with Gasteiger partial charge in [0.1, 0.15) is 6.10 Å². The molecule has 2 atom stereocenters. The topological polar surface area (TPSA) is 30.2 Å². The number of aromatic nitrogens is 1. The summed E-state index contributed by atoms with van der Waals surface area (Å²) in [4.78, 5) is 11.9. The molecule has 1 aromatic heterocycles. The van der Waals surface area contributed by atoms with Crippen molar-refractivity contribution in [2.24, 2.45) is 5.92 Å². The Balaban J connectivity index is 2.00. The second-order valence-electron chi connectivity index (χ2n) is 4.05. The van der Waals surface area contributed by atoms with Crippen LogP contribution in [0.4, 0.5) is 0 Å². The second-order valence-corrected chi connectivity index (χ2v) is 4.05. The number of rotatable bonds is 1. The predicted octanol–water partition coefficient (Wildman–Crippen LogP) is 1.48. The third kappa shape index (κ3) is 1.80. The molecule has 0 amide bonds. The number of hydrogen-bond donors (Lipinski definition) is 0. The molecule has 0 saturated heterocycles. The average Bonchev–Trinajstić information content (AvgIpc) is 2.39. The fourth-order valence-electron chi connectivity index (χ4n) is 2.06. The van der Waals surface area contributed by atoms with Gasteiger partial charge in [0, 0.05) is 24.1 Å². The molecule has 2 unspecified atom stereocenters. The first-order valence-electron chi connectivity index (χ1n) is 5.59. The van der Waals surface area contributed by atoms with Gasteiger partial charge in [-0.05, 0) is 6.08 Å². The lowest BCUT2D eigenvalue weighted by Crippen LogP contribution is -2.42. The van der Waals surface area contributed by atoms with E-state index in [0.29, 0.717) is 5.70 Å². The maximum atomic E-state index is 11.9. The van der Waals surface area contributed by atoms with Crippen molar-refractivity contribution in [3.63, 3.8) is 0 Å². The van der Waals surface area contributed by atoms with E-state index in [4.69, 9.17) is 4.74 Å². The standard InChI is InChI=1S/C14H12NO2/c16-14-12(15-8-4-1-5-9-15)10-11-6-2-3-7-13(11)17-14/h1-11,13H/q+1. The van der Waals surface area contributed by atoms with Crippen LogP contribution in [0, 0.1) is 5.92 Å². The van der Waals surface area contributed by atoms with Crippen LogP contribution in [0.3, 0.4) is 0 Å². The molecule has 0 bridgehead atoms. The second kappa shape index (κ2) is 4.01. The van der Waals surface area contributed by atoms with Crippen molar-refractivity contribution in [3.8, 4) is 0 Å². The number of pyridine rings is 1. The molecule has 0 radical (unpaired) electrons. The van der Waals surface area contributed by atoms with Crippen molar-refractivity contribution in [2.75, 3.05) is 0 Å². The first-order valence-corrected chi connectivity index (χ1v) is 5.59. The molecule has 0 fully saturated rings. The summed E-state index contributed by atoms with van der Waals surface area (Å²) in [6, 6.07) is 5.69. The van der Waals surface area contributed by atoms with Crippen LogP contribution in [0.2, 0.25) is 0 Å². The number of allylic oxidation sites excluding steroid dienone is 2. The Morgan fingerprint density at radius 2 is 1.82 bits per heavy atom. The van der Waals surface area contributed by atoms with Crippen LogP contribution in [-0.2, 0) is 9.53 Å². The lowest BCUT2D eigenvalue weighted by atomic mass is 9.94. The van der Waals surface area contributed by atoms with Crippen molar-refractivity contribution in [1.29, 1.82) is 0 Å². The van der Waals surface area contributed by atoms with E-state index in [1.165, 1.54) is 0 Å². The third-order valence-electron chi connectivity index (χ3n) is 2.92. The minimum atomic E-state index is -0.276. The summed E-state index contributed by atoms with van der Waals surface area (Å²) in [6.45, 7) is 0. The van der Waals surface area contributed by atoms with E-state index in [2.05, 4.69) is 0 Å². The Hall–Kier alpha value is -2.16. The minimum absolute atomic E-state index is 0.139.